The van der Waals surface area contributed by atoms with E-state index < -0.39 is 0 Å². The van der Waals surface area contributed by atoms with Gasteiger partial charge >= 0.3 is 0 Å². The molecule has 2 heterocycles. The molecule has 0 aliphatic heterocycles. The van der Waals surface area contributed by atoms with Crippen LogP contribution in [0.25, 0.3) is 22.3 Å². The van der Waals surface area contributed by atoms with Crippen molar-refractivity contribution < 1.29 is 18.2 Å². The highest BCUT2D eigenvalue weighted by Crippen LogP contribution is 2.33. The number of hydrogen-bond acceptors (Lipinski definition) is 2. The number of aromatic nitrogens is 2. The van der Waals surface area contributed by atoms with Crippen molar-refractivity contribution in [3.05, 3.63) is 115 Å². The second kappa shape index (κ2) is 8.03. The summed E-state index contributed by atoms with van der Waals surface area (Å²) in [6, 6.07) is 23.7. The van der Waals surface area contributed by atoms with Gasteiger partial charge < -0.3 is 4.42 Å². The first-order valence-electron chi connectivity index (χ1n) is 10.1. The third kappa shape index (κ3) is 3.90. The van der Waals surface area contributed by atoms with Gasteiger partial charge in [-0.1, -0.05) is 48.5 Å². The maximum Gasteiger partial charge on any atom is 0.244 e. The van der Waals surface area contributed by atoms with E-state index in [-0.39, 0.29) is 18.1 Å². The SMILES string of the molecule is O=C(Cn1cc[n+](Cc2c(-c3ccccc3)oc3ccccc23)c1)c1ccc(F)cc1. The average Bonchev–Trinajstić information content (AvgIpc) is 3.39. The summed E-state index contributed by atoms with van der Waals surface area (Å²) in [4.78, 5) is 12.5. The molecule has 0 spiro atoms. The van der Waals surface area contributed by atoms with E-state index in [1.807, 2.05) is 76.4 Å². The van der Waals surface area contributed by atoms with Gasteiger partial charge in [-0.15, -0.1) is 0 Å². The fourth-order valence-corrected chi connectivity index (χ4v) is 3.78. The highest BCUT2D eigenvalue weighted by Gasteiger charge is 2.19. The molecular weight excluding hydrogens is 391 g/mol. The van der Waals surface area contributed by atoms with Crippen molar-refractivity contribution in [1.82, 2.24) is 4.57 Å². The van der Waals surface area contributed by atoms with E-state index in [0.717, 1.165) is 27.9 Å². The lowest BCUT2D eigenvalue weighted by molar-refractivity contribution is -0.687. The molecule has 31 heavy (non-hydrogen) atoms. The lowest BCUT2D eigenvalue weighted by Crippen LogP contribution is -2.32. The smallest absolute Gasteiger partial charge is 0.244 e. The summed E-state index contributed by atoms with van der Waals surface area (Å²) >= 11 is 0. The van der Waals surface area contributed by atoms with E-state index in [0.29, 0.717) is 12.1 Å². The molecule has 0 bridgehead atoms. The number of carbonyl (C=O) groups excluding carboxylic acids is 1. The summed E-state index contributed by atoms with van der Waals surface area (Å²) in [6.07, 6.45) is 5.71. The number of halogens is 1. The third-order valence-electron chi connectivity index (χ3n) is 5.31. The van der Waals surface area contributed by atoms with Crippen LogP contribution in [-0.4, -0.2) is 10.4 Å². The number of furan rings is 1. The van der Waals surface area contributed by atoms with Gasteiger partial charge in [0.25, 0.3) is 0 Å². The number of para-hydroxylation sites is 1. The summed E-state index contributed by atoms with van der Waals surface area (Å²) in [7, 11) is 0. The summed E-state index contributed by atoms with van der Waals surface area (Å²) in [5, 5.41) is 1.07. The van der Waals surface area contributed by atoms with Gasteiger partial charge in [0.1, 0.15) is 36.1 Å². The fraction of sp³-hybridized carbons (Fsp3) is 0.0769. The molecule has 0 saturated heterocycles. The Kier molecular flexibility index (Phi) is 4.92. The number of carbonyl (C=O) groups is 1. The van der Waals surface area contributed by atoms with E-state index in [2.05, 4.69) is 6.07 Å². The summed E-state index contributed by atoms with van der Waals surface area (Å²) in [5.41, 5.74) is 3.46. The van der Waals surface area contributed by atoms with Gasteiger partial charge in [0, 0.05) is 22.1 Å². The van der Waals surface area contributed by atoms with Crippen LogP contribution in [0.5, 0.6) is 0 Å². The first kappa shape index (κ1) is 19.0. The largest absolute Gasteiger partial charge is 0.456 e. The Bertz CT molecular complexity index is 1350. The van der Waals surface area contributed by atoms with E-state index in [1.165, 1.54) is 24.3 Å². The third-order valence-corrected chi connectivity index (χ3v) is 5.31. The lowest BCUT2D eigenvalue weighted by Gasteiger charge is -2.02. The number of Topliss-reactive ketones (excluding diaryl/α,β-unsaturated/α-hetero) is 1. The zero-order valence-electron chi connectivity index (χ0n) is 16.7. The van der Waals surface area contributed by atoms with E-state index in [4.69, 9.17) is 4.42 Å². The Morgan fingerprint density at radius 1 is 0.935 bits per heavy atom. The van der Waals surface area contributed by atoms with Crippen LogP contribution in [-0.2, 0) is 13.1 Å². The van der Waals surface area contributed by atoms with Crippen molar-refractivity contribution in [1.29, 1.82) is 0 Å². The Hall–Kier alpha value is -3.99. The van der Waals surface area contributed by atoms with Crippen LogP contribution in [0.1, 0.15) is 15.9 Å². The normalized spacial score (nSPS) is 11.1. The monoisotopic (exact) mass is 411 g/mol. The molecule has 0 fully saturated rings. The van der Waals surface area contributed by atoms with Crippen LogP contribution in [0.15, 0.2) is 102 Å². The molecule has 5 aromatic rings. The number of imidazole rings is 1. The molecule has 0 N–H and O–H groups in total. The first-order valence-corrected chi connectivity index (χ1v) is 10.1. The predicted octanol–water partition coefficient (Wildman–Crippen LogP) is 5.26. The first-order chi connectivity index (χ1) is 15.2. The Morgan fingerprint density at radius 3 is 2.48 bits per heavy atom. The van der Waals surface area contributed by atoms with Crippen LogP contribution in [0.4, 0.5) is 4.39 Å². The topological polar surface area (TPSA) is 39.0 Å². The van der Waals surface area contributed by atoms with E-state index in [1.54, 1.807) is 0 Å². The van der Waals surface area contributed by atoms with Gasteiger partial charge in [-0.2, -0.15) is 0 Å². The number of hydrogen-bond donors (Lipinski definition) is 0. The minimum absolute atomic E-state index is 0.0681. The van der Waals surface area contributed by atoms with Crippen molar-refractivity contribution >= 4 is 16.8 Å². The van der Waals surface area contributed by atoms with Gasteiger partial charge in [-0.05, 0) is 30.3 Å². The van der Waals surface area contributed by atoms with Crippen LogP contribution >= 0.6 is 0 Å². The zero-order chi connectivity index (χ0) is 21.2. The van der Waals surface area contributed by atoms with Crippen molar-refractivity contribution in [2.75, 3.05) is 0 Å². The maximum atomic E-state index is 13.1. The van der Waals surface area contributed by atoms with Crippen molar-refractivity contribution in [3.63, 3.8) is 0 Å². The van der Waals surface area contributed by atoms with Gasteiger partial charge in [0.15, 0.2) is 6.54 Å². The second-order valence-electron chi connectivity index (χ2n) is 7.46. The highest BCUT2D eigenvalue weighted by molar-refractivity contribution is 5.95. The maximum absolute atomic E-state index is 13.1. The zero-order valence-corrected chi connectivity index (χ0v) is 16.7. The minimum Gasteiger partial charge on any atom is -0.456 e. The van der Waals surface area contributed by atoms with Crippen LogP contribution in [0, 0.1) is 5.82 Å². The van der Waals surface area contributed by atoms with Gasteiger partial charge in [0.05, 0.1) is 0 Å². The van der Waals surface area contributed by atoms with Gasteiger partial charge in [-0.25, -0.2) is 13.5 Å². The van der Waals surface area contributed by atoms with E-state index in [9.17, 15) is 9.18 Å². The predicted molar refractivity (Wildman–Crippen MR) is 116 cm³/mol. The van der Waals surface area contributed by atoms with Gasteiger partial charge in [0.2, 0.25) is 12.1 Å². The number of ketones is 1. The molecule has 5 rings (SSSR count). The number of nitrogens with zero attached hydrogens (tertiary/aromatic N) is 2. The van der Waals surface area contributed by atoms with Crippen LogP contribution in [0.3, 0.4) is 0 Å². The molecule has 4 nitrogen and oxygen atoms in total. The summed E-state index contributed by atoms with van der Waals surface area (Å²) < 4.78 is 23.1. The molecule has 0 radical (unpaired) electrons. The van der Waals surface area contributed by atoms with E-state index >= 15 is 0 Å². The Morgan fingerprint density at radius 2 is 1.68 bits per heavy atom. The molecule has 5 heteroatoms. The highest BCUT2D eigenvalue weighted by atomic mass is 19.1. The average molecular weight is 411 g/mol. The van der Waals surface area contributed by atoms with Crippen LogP contribution in [0.2, 0.25) is 0 Å². The molecule has 2 aromatic heterocycles. The number of benzene rings is 3. The van der Waals surface area contributed by atoms with Crippen molar-refractivity contribution in [3.8, 4) is 11.3 Å². The number of rotatable bonds is 6. The standard InChI is InChI=1S/C26H20FN2O2/c27-21-12-10-19(11-13-21)24(30)17-29-15-14-28(18-29)16-23-22-8-4-5-9-25(22)31-26(23)20-6-2-1-3-7-20/h1-15,18H,16-17H2/q+1. The molecule has 0 amide bonds. The second-order valence-corrected chi connectivity index (χ2v) is 7.46. The number of fused-ring (bicyclic) bond motifs is 1. The fourth-order valence-electron chi connectivity index (χ4n) is 3.78. The Labute approximate surface area is 178 Å². The molecule has 0 saturated carbocycles. The van der Waals surface area contributed by atoms with Crippen molar-refractivity contribution in [2.24, 2.45) is 0 Å². The van der Waals surface area contributed by atoms with Crippen LogP contribution < -0.4 is 4.57 Å². The van der Waals surface area contributed by atoms with Crippen molar-refractivity contribution in [2.45, 2.75) is 13.1 Å². The summed E-state index contributed by atoms with van der Waals surface area (Å²) in [6.45, 7) is 0.801. The molecular formula is C26H20FN2O2+. The molecule has 0 atom stereocenters. The molecule has 152 valence electrons. The lowest BCUT2D eigenvalue weighted by atomic mass is 10.1. The Balaban J connectivity index is 1.43. The molecule has 0 aliphatic rings. The summed E-state index contributed by atoms with van der Waals surface area (Å²) in [5.74, 6) is 0.433. The quantitative estimate of drug-likeness (QED) is 0.282. The molecule has 3 aromatic carbocycles. The molecule has 0 aliphatic carbocycles. The molecule has 0 unspecified atom stereocenters. The minimum atomic E-state index is -0.350. The van der Waals surface area contributed by atoms with Gasteiger partial charge in [-0.3, -0.25) is 4.79 Å².